The molecule has 0 bridgehead atoms. The molecule has 2 heterocycles. The average molecular weight is 409 g/mol. The first kappa shape index (κ1) is 19.3. The number of aliphatic hydroxyl groups excluding tert-OH is 1. The highest BCUT2D eigenvalue weighted by atomic mass is 16.5. The fourth-order valence-electron chi connectivity index (χ4n) is 5.29. The fourth-order valence-corrected chi connectivity index (χ4v) is 5.29. The summed E-state index contributed by atoms with van der Waals surface area (Å²) in [6.45, 7) is 1.83. The smallest absolute Gasteiger partial charge is 0.161 e. The summed E-state index contributed by atoms with van der Waals surface area (Å²) in [5, 5.41) is 15.6. The Morgan fingerprint density at radius 3 is 1.83 bits per heavy atom. The molecule has 0 saturated carbocycles. The van der Waals surface area contributed by atoms with Gasteiger partial charge in [0.05, 0.1) is 34.5 Å². The first-order valence-corrected chi connectivity index (χ1v) is 10.3. The number of hydrogen-bond acceptors (Lipinski definition) is 6. The molecule has 1 saturated heterocycles. The minimum Gasteiger partial charge on any atom is -0.493 e. The van der Waals surface area contributed by atoms with E-state index in [1.165, 1.54) is 0 Å². The van der Waals surface area contributed by atoms with Gasteiger partial charge in [0.25, 0.3) is 0 Å². The van der Waals surface area contributed by atoms with Crippen LogP contribution in [0, 0.1) is 0 Å². The molecular weight excluding hydrogens is 382 g/mol. The molecule has 2 aliphatic rings. The van der Waals surface area contributed by atoms with Gasteiger partial charge in [0.2, 0.25) is 0 Å². The minimum absolute atomic E-state index is 0.159. The Kier molecular flexibility index (Phi) is 4.64. The molecule has 0 aromatic heterocycles. The number of ether oxygens (including phenoxy) is 4. The molecular formula is C24H27NO5. The molecule has 30 heavy (non-hydrogen) atoms. The summed E-state index contributed by atoms with van der Waals surface area (Å²) < 4.78 is 22.4. The first-order chi connectivity index (χ1) is 14.6. The first-order valence-electron chi connectivity index (χ1n) is 10.3. The molecule has 0 amide bonds. The van der Waals surface area contributed by atoms with Crippen molar-refractivity contribution in [3.8, 4) is 23.0 Å². The molecule has 5 rings (SSSR count). The molecule has 158 valence electrons. The number of fused-ring (bicyclic) bond motifs is 7. The zero-order valence-electron chi connectivity index (χ0n) is 17.8. The predicted octanol–water partition coefficient (Wildman–Crippen LogP) is 4.04. The van der Waals surface area contributed by atoms with Crippen molar-refractivity contribution in [2.45, 2.75) is 31.5 Å². The fraction of sp³-hybridized carbons (Fsp3) is 0.417. The minimum atomic E-state index is -0.547. The van der Waals surface area contributed by atoms with Crippen molar-refractivity contribution in [1.82, 2.24) is 4.90 Å². The number of aliphatic hydroxyl groups is 1. The summed E-state index contributed by atoms with van der Waals surface area (Å²) in [5.74, 6) is 2.68. The van der Waals surface area contributed by atoms with Gasteiger partial charge >= 0.3 is 0 Å². The highest BCUT2D eigenvalue weighted by Gasteiger charge is 2.39. The van der Waals surface area contributed by atoms with Crippen LogP contribution in [-0.2, 0) is 6.54 Å². The third-order valence-corrected chi connectivity index (χ3v) is 6.71. The number of rotatable bonds is 4. The van der Waals surface area contributed by atoms with Gasteiger partial charge in [-0.1, -0.05) is 0 Å². The van der Waals surface area contributed by atoms with Crippen molar-refractivity contribution < 1.29 is 24.1 Å². The van der Waals surface area contributed by atoms with E-state index in [2.05, 4.69) is 4.90 Å². The monoisotopic (exact) mass is 409 g/mol. The molecule has 2 atom stereocenters. The van der Waals surface area contributed by atoms with E-state index in [1.54, 1.807) is 28.4 Å². The van der Waals surface area contributed by atoms with Crippen LogP contribution >= 0.6 is 0 Å². The van der Waals surface area contributed by atoms with Crippen LogP contribution in [0.5, 0.6) is 23.0 Å². The van der Waals surface area contributed by atoms with E-state index < -0.39 is 6.10 Å². The molecule has 1 N–H and O–H groups in total. The summed E-state index contributed by atoms with van der Waals surface area (Å²) in [7, 11) is 6.57. The van der Waals surface area contributed by atoms with Crippen molar-refractivity contribution >= 4 is 21.5 Å². The normalized spacial score (nSPS) is 20.8. The Hall–Kier alpha value is -2.70. The third kappa shape index (κ3) is 2.63. The highest BCUT2D eigenvalue weighted by Crippen LogP contribution is 2.48. The van der Waals surface area contributed by atoms with Gasteiger partial charge in [0, 0.05) is 12.6 Å². The van der Waals surface area contributed by atoms with Gasteiger partial charge in [0.15, 0.2) is 23.0 Å². The van der Waals surface area contributed by atoms with Gasteiger partial charge in [-0.25, -0.2) is 0 Å². The number of nitrogens with zero attached hydrogens (tertiary/aromatic N) is 1. The topological polar surface area (TPSA) is 60.4 Å². The van der Waals surface area contributed by atoms with E-state index in [-0.39, 0.29) is 6.04 Å². The Morgan fingerprint density at radius 2 is 1.27 bits per heavy atom. The van der Waals surface area contributed by atoms with Crippen LogP contribution in [-0.4, -0.2) is 51.0 Å². The van der Waals surface area contributed by atoms with Crippen molar-refractivity contribution in [3.05, 3.63) is 35.4 Å². The van der Waals surface area contributed by atoms with E-state index in [9.17, 15) is 5.11 Å². The molecule has 1 fully saturated rings. The van der Waals surface area contributed by atoms with E-state index in [0.29, 0.717) is 23.0 Å². The van der Waals surface area contributed by atoms with E-state index in [1.807, 2.05) is 24.3 Å². The Labute approximate surface area is 175 Å². The number of benzene rings is 3. The lowest BCUT2D eigenvalue weighted by Crippen LogP contribution is -2.39. The Morgan fingerprint density at radius 1 is 0.767 bits per heavy atom. The Balaban J connectivity index is 1.94. The zero-order valence-corrected chi connectivity index (χ0v) is 17.8. The lowest BCUT2D eigenvalue weighted by atomic mass is 9.83. The van der Waals surface area contributed by atoms with Crippen LogP contribution in [0.2, 0.25) is 0 Å². The molecule has 0 aliphatic carbocycles. The lowest BCUT2D eigenvalue weighted by Gasteiger charge is -2.37. The molecule has 0 spiro atoms. The van der Waals surface area contributed by atoms with Gasteiger partial charge < -0.3 is 24.1 Å². The van der Waals surface area contributed by atoms with Gasteiger partial charge in [0.1, 0.15) is 0 Å². The zero-order chi connectivity index (χ0) is 21.0. The van der Waals surface area contributed by atoms with Gasteiger partial charge in [-0.2, -0.15) is 0 Å². The second-order valence-corrected chi connectivity index (χ2v) is 8.02. The second-order valence-electron chi connectivity index (χ2n) is 8.02. The van der Waals surface area contributed by atoms with Crippen LogP contribution in [0.25, 0.3) is 21.5 Å². The summed E-state index contributed by atoms with van der Waals surface area (Å²) in [5.41, 5.74) is 2.14. The van der Waals surface area contributed by atoms with Crippen LogP contribution in [0.3, 0.4) is 0 Å². The molecule has 3 aromatic carbocycles. The van der Waals surface area contributed by atoms with Crippen molar-refractivity contribution in [3.63, 3.8) is 0 Å². The average Bonchev–Trinajstić information content (AvgIpc) is 3.26. The second kappa shape index (κ2) is 7.22. The molecule has 2 aliphatic heterocycles. The van der Waals surface area contributed by atoms with Crippen LogP contribution < -0.4 is 18.9 Å². The van der Waals surface area contributed by atoms with Crippen LogP contribution in [0.4, 0.5) is 0 Å². The van der Waals surface area contributed by atoms with Crippen LogP contribution in [0.1, 0.15) is 30.1 Å². The van der Waals surface area contributed by atoms with Gasteiger partial charge in [-0.15, -0.1) is 0 Å². The summed E-state index contributed by atoms with van der Waals surface area (Å²) in [6, 6.07) is 8.21. The standard InChI is InChI=1S/C24H27NO5/c1-27-19-8-13-14-9-20(28-2)22(30-4)11-16(14)23-17(15(13)10-21(19)29-3)12-25-7-5-6-18(25)24(23)26/h8-11,18,24,26H,5-7,12H2,1-4H3/t18?,24-/m0/s1. The molecule has 0 radical (unpaired) electrons. The van der Waals surface area contributed by atoms with Gasteiger partial charge in [-0.05, 0) is 76.3 Å². The third-order valence-electron chi connectivity index (χ3n) is 6.71. The summed E-state index contributed by atoms with van der Waals surface area (Å²) in [6.07, 6.45) is 1.58. The maximum absolute atomic E-state index is 11.4. The van der Waals surface area contributed by atoms with E-state index in [4.69, 9.17) is 18.9 Å². The lowest BCUT2D eigenvalue weighted by molar-refractivity contribution is 0.0552. The highest BCUT2D eigenvalue weighted by molar-refractivity contribution is 6.13. The predicted molar refractivity (Wildman–Crippen MR) is 116 cm³/mol. The summed E-state index contributed by atoms with van der Waals surface area (Å²) >= 11 is 0. The maximum atomic E-state index is 11.4. The molecule has 1 unspecified atom stereocenters. The van der Waals surface area contributed by atoms with Gasteiger partial charge in [-0.3, -0.25) is 4.90 Å². The SMILES string of the molecule is COc1cc2c3c(c4cc(OC)c(OC)cc4c2cc1OC)[C@@H](O)C1CCCN1C3. The van der Waals surface area contributed by atoms with E-state index >= 15 is 0 Å². The summed E-state index contributed by atoms with van der Waals surface area (Å²) in [4.78, 5) is 2.40. The number of methoxy groups -OCH3 is 4. The quantitative estimate of drug-likeness (QED) is 0.657. The van der Waals surface area contributed by atoms with Crippen molar-refractivity contribution in [1.29, 1.82) is 0 Å². The Bertz CT molecular complexity index is 1140. The van der Waals surface area contributed by atoms with E-state index in [0.717, 1.165) is 58.6 Å². The largest absolute Gasteiger partial charge is 0.493 e. The molecule has 6 nitrogen and oxygen atoms in total. The van der Waals surface area contributed by atoms with Crippen molar-refractivity contribution in [2.75, 3.05) is 35.0 Å². The molecule has 6 heteroatoms. The van der Waals surface area contributed by atoms with Crippen molar-refractivity contribution in [2.24, 2.45) is 0 Å². The maximum Gasteiger partial charge on any atom is 0.161 e. The molecule has 3 aromatic rings. The number of hydrogen-bond donors (Lipinski definition) is 1. The van der Waals surface area contributed by atoms with Crippen LogP contribution in [0.15, 0.2) is 24.3 Å².